The Balaban J connectivity index is 1.54. The van der Waals surface area contributed by atoms with Crippen molar-refractivity contribution in [2.24, 2.45) is 0 Å². The third-order valence-corrected chi connectivity index (χ3v) is 7.29. The summed E-state index contributed by atoms with van der Waals surface area (Å²) in [4.78, 5) is 36.6. The highest BCUT2D eigenvalue weighted by Crippen LogP contribution is 2.39. The highest BCUT2D eigenvalue weighted by atomic mass is 16.7. The van der Waals surface area contributed by atoms with Gasteiger partial charge in [-0.15, -0.1) is 0 Å². The van der Waals surface area contributed by atoms with E-state index in [2.05, 4.69) is 0 Å². The molecule has 3 heterocycles. The molecule has 2 aliphatic rings. The van der Waals surface area contributed by atoms with E-state index in [0.29, 0.717) is 0 Å². The van der Waals surface area contributed by atoms with Crippen molar-refractivity contribution >= 4 is 22.9 Å². The fourth-order valence-corrected chi connectivity index (χ4v) is 4.87. The number of aliphatic hydroxyl groups excluding tert-OH is 6. The third-order valence-electron chi connectivity index (χ3n) is 7.29. The van der Waals surface area contributed by atoms with Gasteiger partial charge in [0, 0.05) is 5.56 Å². The van der Waals surface area contributed by atoms with Crippen LogP contribution in [0.5, 0.6) is 17.2 Å². The van der Waals surface area contributed by atoms with Gasteiger partial charge < -0.3 is 69.0 Å². The molecule has 2 fully saturated rings. The second-order valence-electron chi connectivity index (χ2n) is 10.2. The Morgan fingerprint density at radius 2 is 1.27 bits per heavy atom. The van der Waals surface area contributed by atoms with Crippen LogP contribution in [0.3, 0.4) is 0 Å². The van der Waals surface area contributed by atoms with Crippen molar-refractivity contribution in [1.82, 2.24) is 0 Å². The molecule has 10 atom stereocenters. The average Bonchev–Trinajstić information content (AvgIpc) is 3.02. The van der Waals surface area contributed by atoms with E-state index in [1.165, 1.54) is 43.5 Å². The fourth-order valence-electron chi connectivity index (χ4n) is 4.87. The highest BCUT2D eigenvalue weighted by Gasteiger charge is 2.49. The number of carboxylic acid groups (broad SMARTS) is 2. The third kappa shape index (κ3) is 5.90. The normalized spacial score (nSPS) is 31.7. The summed E-state index contributed by atoms with van der Waals surface area (Å²) in [5.41, 5.74) is -0.596. The molecule has 0 unspecified atom stereocenters. The number of fused-ring (bicyclic) bond motifs is 1. The number of aliphatic carboxylic acids is 2. The van der Waals surface area contributed by atoms with Crippen LogP contribution in [-0.2, 0) is 19.1 Å². The molecule has 3 aromatic rings. The molecule has 0 aliphatic carbocycles. The molecule has 242 valence electrons. The van der Waals surface area contributed by atoms with Gasteiger partial charge in [0.15, 0.2) is 29.5 Å². The van der Waals surface area contributed by atoms with Gasteiger partial charge in [-0.25, -0.2) is 9.59 Å². The van der Waals surface area contributed by atoms with Gasteiger partial charge in [0.2, 0.25) is 23.8 Å². The Morgan fingerprint density at radius 1 is 0.711 bits per heavy atom. The molecule has 2 aliphatic heterocycles. The minimum atomic E-state index is -2.02. The van der Waals surface area contributed by atoms with E-state index in [4.69, 9.17) is 28.1 Å². The number of carbonyl (C=O) groups is 2. The Hall–Kier alpha value is -4.33. The summed E-state index contributed by atoms with van der Waals surface area (Å²) in [6.07, 6.45) is -19.4. The Kier molecular flexibility index (Phi) is 8.97. The van der Waals surface area contributed by atoms with Gasteiger partial charge in [-0.3, -0.25) is 4.79 Å². The zero-order valence-corrected chi connectivity index (χ0v) is 23.1. The SMILES string of the molecule is COc1cc(-c2oc3ccccc3c(=O)c2O[C@H]2O[C@@H](C(=O)O)[C@H](O)[C@@H](O)[C@@H]2O)ccc1O[C@H]1O[C@@H](C(=O)O)[C@H](O)[C@@H](O)[C@@H]1O. The molecule has 0 radical (unpaired) electrons. The Morgan fingerprint density at radius 3 is 1.82 bits per heavy atom. The standard InChI is InChI=1S/C28H28O17/c1-40-13-8-9(6-7-12(13)42-27-19(34)15(30)17(32)23(44-27)25(36)37)21-22(14(29)10-4-2-3-5-11(10)41-21)43-28-20(35)16(31)18(33)24(45-28)26(38)39/h2-8,15-20,23-24,27-28,30-35H,1H3,(H,36,37)(H,38,39)/t15-,16-,17-,18-,19+,20+,23-,24-,27+,28+/m1/s1. The van der Waals surface area contributed by atoms with Gasteiger partial charge in [0.1, 0.15) is 42.2 Å². The lowest BCUT2D eigenvalue weighted by Crippen LogP contribution is -2.61. The second kappa shape index (κ2) is 12.6. The van der Waals surface area contributed by atoms with Gasteiger partial charge in [-0.2, -0.15) is 0 Å². The molecule has 0 bridgehead atoms. The van der Waals surface area contributed by atoms with Crippen molar-refractivity contribution in [3.8, 4) is 28.6 Å². The molecule has 17 nitrogen and oxygen atoms in total. The molecule has 2 saturated heterocycles. The van der Waals surface area contributed by atoms with Crippen LogP contribution in [0.15, 0.2) is 51.7 Å². The van der Waals surface area contributed by atoms with Crippen LogP contribution in [0.4, 0.5) is 0 Å². The van der Waals surface area contributed by atoms with E-state index in [-0.39, 0.29) is 33.8 Å². The molecule has 0 saturated carbocycles. The number of ether oxygens (including phenoxy) is 5. The summed E-state index contributed by atoms with van der Waals surface area (Å²) in [6.45, 7) is 0. The minimum absolute atomic E-state index is 0.0287. The maximum atomic E-state index is 13.6. The predicted octanol–water partition coefficient (Wildman–Crippen LogP) is -1.99. The molecular formula is C28H28O17. The molecule has 0 spiro atoms. The number of methoxy groups -OCH3 is 1. The van der Waals surface area contributed by atoms with Gasteiger partial charge in [0.25, 0.3) is 0 Å². The molecule has 0 amide bonds. The summed E-state index contributed by atoms with van der Waals surface area (Å²) in [7, 11) is 1.22. The quantitative estimate of drug-likeness (QED) is 0.133. The molecule has 1 aromatic heterocycles. The summed E-state index contributed by atoms with van der Waals surface area (Å²) < 4.78 is 32.9. The maximum Gasteiger partial charge on any atom is 0.335 e. The van der Waals surface area contributed by atoms with Gasteiger partial charge in [-0.05, 0) is 30.3 Å². The van der Waals surface area contributed by atoms with Crippen LogP contribution in [0.25, 0.3) is 22.3 Å². The minimum Gasteiger partial charge on any atom is -0.493 e. The number of benzene rings is 2. The van der Waals surface area contributed by atoms with E-state index in [9.17, 15) is 55.2 Å². The van der Waals surface area contributed by atoms with E-state index >= 15 is 0 Å². The highest BCUT2D eigenvalue weighted by molar-refractivity contribution is 5.82. The zero-order valence-electron chi connectivity index (χ0n) is 23.1. The number of carboxylic acids is 2. The topological polar surface area (TPSA) is 272 Å². The van der Waals surface area contributed by atoms with Crippen LogP contribution in [0.1, 0.15) is 0 Å². The largest absolute Gasteiger partial charge is 0.493 e. The first-order valence-corrected chi connectivity index (χ1v) is 13.3. The monoisotopic (exact) mass is 636 g/mol. The molecule has 5 rings (SSSR count). The Bertz CT molecular complexity index is 1640. The number of hydrogen-bond donors (Lipinski definition) is 8. The lowest BCUT2D eigenvalue weighted by atomic mass is 9.99. The summed E-state index contributed by atoms with van der Waals surface area (Å²) in [6, 6.07) is 9.87. The second-order valence-corrected chi connectivity index (χ2v) is 10.2. The van der Waals surface area contributed by atoms with Crippen molar-refractivity contribution in [1.29, 1.82) is 0 Å². The first kappa shape index (κ1) is 32.1. The first-order chi connectivity index (χ1) is 21.3. The molecule has 17 heteroatoms. The predicted molar refractivity (Wildman–Crippen MR) is 144 cm³/mol. The fraction of sp³-hybridized carbons (Fsp3) is 0.393. The van der Waals surface area contributed by atoms with Crippen molar-refractivity contribution < 1.29 is 78.5 Å². The zero-order chi connectivity index (χ0) is 32.7. The average molecular weight is 637 g/mol. The van der Waals surface area contributed by atoms with Crippen LogP contribution < -0.4 is 19.6 Å². The van der Waals surface area contributed by atoms with Gasteiger partial charge in [-0.1, -0.05) is 12.1 Å². The van der Waals surface area contributed by atoms with Crippen LogP contribution in [0.2, 0.25) is 0 Å². The van der Waals surface area contributed by atoms with E-state index in [1.54, 1.807) is 6.07 Å². The van der Waals surface area contributed by atoms with Gasteiger partial charge >= 0.3 is 11.9 Å². The molecule has 8 N–H and O–H groups in total. The lowest BCUT2D eigenvalue weighted by molar-refractivity contribution is -0.271. The molecule has 45 heavy (non-hydrogen) atoms. The van der Waals surface area contributed by atoms with E-state index < -0.39 is 84.5 Å². The van der Waals surface area contributed by atoms with Crippen LogP contribution in [-0.4, -0.2) is 121 Å². The smallest absolute Gasteiger partial charge is 0.335 e. The lowest BCUT2D eigenvalue weighted by Gasteiger charge is -2.38. The van der Waals surface area contributed by atoms with E-state index in [0.717, 1.165) is 0 Å². The number of hydrogen-bond acceptors (Lipinski definition) is 15. The summed E-state index contributed by atoms with van der Waals surface area (Å²) in [5.74, 6) is -4.37. The van der Waals surface area contributed by atoms with Crippen molar-refractivity contribution in [2.45, 2.75) is 61.4 Å². The number of rotatable bonds is 8. The van der Waals surface area contributed by atoms with Crippen LogP contribution in [0, 0.1) is 0 Å². The Labute approximate surface area is 251 Å². The molecular weight excluding hydrogens is 608 g/mol. The van der Waals surface area contributed by atoms with E-state index in [1.807, 2.05) is 0 Å². The van der Waals surface area contributed by atoms with Crippen molar-refractivity contribution in [3.05, 3.63) is 52.7 Å². The first-order valence-electron chi connectivity index (χ1n) is 13.3. The molecule has 2 aromatic carbocycles. The van der Waals surface area contributed by atoms with Gasteiger partial charge in [0.05, 0.1) is 12.5 Å². The summed E-state index contributed by atoms with van der Waals surface area (Å²) >= 11 is 0. The maximum absolute atomic E-state index is 13.6. The van der Waals surface area contributed by atoms with Crippen LogP contribution >= 0.6 is 0 Å². The van der Waals surface area contributed by atoms with Crippen molar-refractivity contribution in [3.63, 3.8) is 0 Å². The number of para-hydroxylation sites is 1. The summed E-state index contributed by atoms with van der Waals surface area (Å²) in [5, 5.41) is 79.8. The number of aliphatic hydroxyl groups is 6. The van der Waals surface area contributed by atoms with Crippen molar-refractivity contribution in [2.75, 3.05) is 7.11 Å².